The molecule has 122 valence electrons. The number of hydrogen-bond acceptors (Lipinski definition) is 4. The van der Waals surface area contributed by atoms with E-state index >= 15 is 0 Å². The van der Waals surface area contributed by atoms with Gasteiger partial charge >= 0.3 is 0 Å². The highest BCUT2D eigenvalue weighted by molar-refractivity contribution is 7.89. The molecule has 7 heteroatoms. The number of sulfonamides is 1. The van der Waals surface area contributed by atoms with Gasteiger partial charge in [0, 0.05) is 13.1 Å². The van der Waals surface area contributed by atoms with E-state index in [4.69, 9.17) is 4.42 Å². The fraction of sp³-hybridized carbons (Fsp3) is 0.667. The summed E-state index contributed by atoms with van der Waals surface area (Å²) in [5.74, 6) is 1.22. The van der Waals surface area contributed by atoms with E-state index in [0.717, 1.165) is 25.4 Å². The lowest BCUT2D eigenvalue weighted by molar-refractivity contribution is 0.0487. The number of amides is 1. The van der Waals surface area contributed by atoms with Crippen molar-refractivity contribution in [2.45, 2.75) is 37.2 Å². The summed E-state index contributed by atoms with van der Waals surface area (Å²) >= 11 is 0. The fourth-order valence-electron chi connectivity index (χ4n) is 3.62. The largest absolute Gasteiger partial charge is 0.438 e. The van der Waals surface area contributed by atoms with Crippen LogP contribution >= 0.6 is 0 Å². The van der Waals surface area contributed by atoms with Crippen molar-refractivity contribution in [2.24, 2.45) is 11.8 Å². The van der Waals surface area contributed by atoms with Crippen molar-refractivity contribution in [2.75, 3.05) is 20.1 Å². The highest BCUT2D eigenvalue weighted by Gasteiger charge is 2.34. The molecule has 3 rings (SSSR count). The molecule has 0 radical (unpaired) electrons. The molecular formula is C15H22N2O4S. The summed E-state index contributed by atoms with van der Waals surface area (Å²) in [6.07, 6.45) is 6.05. The zero-order valence-corrected chi connectivity index (χ0v) is 13.6. The van der Waals surface area contributed by atoms with Gasteiger partial charge in [0.25, 0.3) is 15.9 Å². The second-order valence-electron chi connectivity index (χ2n) is 6.17. The maximum Gasteiger partial charge on any atom is 0.289 e. The standard InChI is InChI=1S/C15H22N2O4S/c1-16-22(19,20)14-7-6-13(21-14)15(18)17-9-8-11-4-2-3-5-12(11)10-17/h6-7,11-12,16H,2-5,8-10H2,1H3. The molecule has 2 unspecified atom stereocenters. The van der Waals surface area contributed by atoms with Crippen molar-refractivity contribution < 1.29 is 17.6 Å². The van der Waals surface area contributed by atoms with E-state index in [1.807, 2.05) is 0 Å². The number of carbonyl (C=O) groups is 1. The van der Waals surface area contributed by atoms with Crippen LogP contribution in [-0.4, -0.2) is 39.4 Å². The summed E-state index contributed by atoms with van der Waals surface area (Å²) in [7, 11) is -2.34. The van der Waals surface area contributed by atoms with Crippen molar-refractivity contribution in [3.63, 3.8) is 0 Å². The van der Waals surface area contributed by atoms with Crippen LogP contribution in [0.5, 0.6) is 0 Å². The Kier molecular flexibility index (Phi) is 4.27. The zero-order valence-electron chi connectivity index (χ0n) is 12.7. The van der Waals surface area contributed by atoms with E-state index in [1.54, 1.807) is 4.90 Å². The minimum absolute atomic E-state index is 0.100. The first-order chi connectivity index (χ1) is 10.5. The molecule has 2 atom stereocenters. The molecule has 2 heterocycles. The Hall–Kier alpha value is -1.34. The number of nitrogens with zero attached hydrogens (tertiary/aromatic N) is 1. The van der Waals surface area contributed by atoms with Crippen molar-refractivity contribution in [1.29, 1.82) is 0 Å². The normalized spacial score (nSPS) is 25.8. The van der Waals surface area contributed by atoms with Crippen LogP contribution < -0.4 is 4.72 Å². The van der Waals surface area contributed by atoms with Gasteiger partial charge in [-0.25, -0.2) is 13.1 Å². The lowest BCUT2D eigenvalue weighted by atomic mass is 9.75. The molecule has 2 fully saturated rings. The Labute approximate surface area is 130 Å². The van der Waals surface area contributed by atoms with Gasteiger partial charge in [-0.3, -0.25) is 4.79 Å². The Balaban J connectivity index is 1.72. The SMILES string of the molecule is CNS(=O)(=O)c1ccc(C(=O)N2CCC3CCCCC3C2)o1. The van der Waals surface area contributed by atoms with E-state index in [9.17, 15) is 13.2 Å². The Morgan fingerprint density at radius 2 is 1.95 bits per heavy atom. The molecule has 1 saturated carbocycles. The monoisotopic (exact) mass is 326 g/mol. The van der Waals surface area contributed by atoms with Crippen LogP contribution in [0.25, 0.3) is 0 Å². The summed E-state index contributed by atoms with van der Waals surface area (Å²) in [5, 5.41) is -0.217. The van der Waals surface area contributed by atoms with Crippen LogP contribution in [0.3, 0.4) is 0 Å². The van der Waals surface area contributed by atoms with Gasteiger partial charge in [0.2, 0.25) is 5.09 Å². The Morgan fingerprint density at radius 3 is 2.68 bits per heavy atom. The molecule has 1 N–H and O–H groups in total. The first-order valence-electron chi connectivity index (χ1n) is 7.84. The molecule has 1 aromatic rings. The smallest absolute Gasteiger partial charge is 0.289 e. The lowest BCUT2D eigenvalue weighted by Gasteiger charge is -2.41. The van der Waals surface area contributed by atoms with Gasteiger partial charge in [-0.05, 0) is 43.9 Å². The lowest BCUT2D eigenvalue weighted by Crippen LogP contribution is -2.44. The van der Waals surface area contributed by atoms with E-state index in [1.165, 1.54) is 44.9 Å². The van der Waals surface area contributed by atoms with Gasteiger partial charge in [0.1, 0.15) is 0 Å². The predicted molar refractivity (Wildman–Crippen MR) is 80.9 cm³/mol. The molecule has 1 aromatic heterocycles. The zero-order chi connectivity index (χ0) is 15.7. The number of furan rings is 1. The predicted octanol–water partition coefficient (Wildman–Crippen LogP) is 1.84. The molecule has 1 amide bonds. The second kappa shape index (κ2) is 6.04. The molecule has 0 aromatic carbocycles. The Morgan fingerprint density at radius 1 is 1.23 bits per heavy atom. The summed E-state index contributed by atoms with van der Waals surface area (Å²) in [6.45, 7) is 1.49. The molecule has 2 aliphatic rings. The highest BCUT2D eigenvalue weighted by atomic mass is 32.2. The summed E-state index contributed by atoms with van der Waals surface area (Å²) in [4.78, 5) is 14.3. The van der Waals surface area contributed by atoms with Gasteiger partial charge in [-0.2, -0.15) is 0 Å². The maximum absolute atomic E-state index is 12.5. The molecular weight excluding hydrogens is 304 g/mol. The van der Waals surface area contributed by atoms with Gasteiger partial charge < -0.3 is 9.32 Å². The van der Waals surface area contributed by atoms with E-state index in [2.05, 4.69) is 4.72 Å². The number of carbonyl (C=O) groups excluding carboxylic acids is 1. The number of hydrogen-bond donors (Lipinski definition) is 1. The summed E-state index contributed by atoms with van der Waals surface area (Å²) < 4.78 is 30.8. The van der Waals surface area contributed by atoms with Crippen LogP contribution in [0.15, 0.2) is 21.6 Å². The van der Waals surface area contributed by atoms with Gasteiger partial charge in [0.05, 0.1) is 0 Å². The van der Waals surface area contributed by atoms with Gasteiger partial charge in [0.15, 0.2) is 5.76 Å². The quantitative estimate of drug-likeness (QED) is 0.919. The average Bonchev–Trinajstić information content (AvgIpc) is 3.04. The summed E-state index contributed by atoms with van der Waals surface area (Å²) in [6, 6.07) is 2.77. The van der Waals surface area contributed by atoms with Crippen molar-refractivity contribution in [3.8, 4) is 0 Å². The van der Waals surface area contributed by atoms with E-state index < -0.39 is 10.0 Å². The van der Waals surface area contributed by atoms with Crippen LogP contribution in [0.1, 0.15) is 42.7 Å². The van der Waals surface area contributed by atoms with Crippen LogP contribution in [0.2, 0.25) is 0 Å². The number of fused-ring (bicyclic) bond motifs is 1. The van der Waals surface area contributed by atoms with Gasteiger partial charge in [-0.1, -0.05) is 19.3 Å². The number of nitrogens with one attached hydrogen (secondary N) is 1. The number of rotatable bonds is 3. The molecule has 1 aliphatic carbocycles. The maximum atomic E-state index is 12.5. The summed E-state index contributed by atoms with van der Waals surface area (Å²) in [5.41, 5.74) is 0. The number of likely N-dealkylation sites (tertiary alicyclic amines) is 1. The van der Waals surface area contributed by atoms with Crippen LogP contribution in [0.4, 0.5) is 0 Å². The Bertz CT molecular complexity index is 652. The van der Waals surface area contributed by atoms with E-state index in [-0.39, 0.29) is 16.8 Å². The molecule has 1 saturated heterocycles. The first kappa shape index (κ1) is 15.6. The molecule has 22 heavy (non-hydrogen) atoms. The second-order valence-corrected chi connectivity index (χ2v) is 7.99. The first-order valence-corrected chi connectivity index (χ1v) is 9.32. The minimum atomic E-state index is -3.65. The van der Waals surface area contributed by atoms with E-state index in [0.29, 0.717) is 5.92 Å². The van der Waals surface area contributed by atoms with Crippen molar-refractivity contribution >= 4 is 15.9 Å². The molecule has 1 aliphatic heterocycles. The van der Waals surface area contributed by atoms with Crippen LogP contribution in [-0.2, 0) is 10.0 Å². The minimum Gasteiger partial charge on any atom is -0.438 e. The van der Waals surface area contributed by atoms with Crippen molar-refractivity contribution in [1.82, 2.24) is 9.62 Å². The molecule has 0 spiro atoms. The average molecular weight is 326 g/mol. The highest BCUT2D eigenvalue weighted by Crippen LogP contribution is 2.36. The third-order valence-electron chi connectivity index (χ3n) is 4.90. The fourth-order valence-corrected chi connectivity index (χ4v) is 4.27. The van der Waals surface area contributed by atoms with Crippen LogP contribution in [0, 0.1) is 11.8 Å². The third-order valence-corrected chi connectivity index (χ3v) is 6.19. The van der Waals surface area contributed by atoms with Crippen molar-refractivity contribution in [3.05, 3.63) is 17.9 Å². The molecule has 0 bridgehead atoms. The number of piperidine rings is 1. The van der Waals surface area contributed by atoms with Gasteiger partial charge in [-0.15, -0.1) is 0 Å². The third kappa shape index (κ3) is 2.92. The molecule has 6 nitrogen and oxygen atoms in total. The topological polar surface area (TPSA) is 79.6 Å².